The second-order valence-corrected chi connectivity index (χ2v) is 6.51. The van der Waals surface area contributed by atoms with Crippen LogP contribution in [0, 0.1) is 22.7 Å². The van der Waals surface area contributed by atoms with Crippen LogP contribution < -0.4 is 0 Å². The molecule has 0 amide bonds. The first-order valence-electron chi connectivity index (χ1n) is 8.33. The van der Waals surface area contributed by atoms with Crippen LogP contribution in [0.5, 0.6) is 0 Å². The third kappa shape index (κ3) is 3.04. The number of pyridine rings is 1. The van der Waals surface area contributed by atoms with Crippen molar-refractivity contribution in [3.63, 3.8) is 0 Å². The van der Waals surface area contributed by atoms with Crippen molar-refractivity contribution in [3.05, 3.63) is 88.7 Å². The van der Waals surface area contributed by atoms with Crippen LogP contribution in [0.3, 0.4) is 0 Å². The Morgan fingerprint density at radius 1 is 0.926 bits per heavy atom. The van der Waals surface area contributed by atoms with E-state index in [1.54, 1.807) is 0 Å². The number of nitriles is 2. The molecule has 0 N–H and O–H groups in total. The van der Waals surface area contributed by atoms with E-state index in [2.05, 4.69) is 17.1 Å². The standard InChI is InChI=1S/C22H13ClN4/c23-21-18(12-25)13-26-22-20(21)9-10-27(22)14-15-5-7-16(8-6-15)19-4-2-1-3-17(19)11-24/h1-10,13H,14H2. The Morgan fingerprint density at radius 2 is 1.67 bits per heavy atom. The Bertz CT molecular complexity index is 1220. The van der Waals surface area contributed by atoms with Gasteiger partial charge in [-0.25, -0.2) is 4.98 Å². The summed E-state index contributed by atoms with van der Waals surface area (Å²) in [7, 11) is 0. The maximum absolute atomic E-state index is 9.27. The van der Waals surface area contributed by atoms with Crippen molar-refractivity contribution in [1.82, 2.24) is 9.55 Å². The Kier molecular flexibility index (Phi) is 4.34. The highest BCUT2D eigenvalue weighted by molar-refractivity contribution is 6.36. The van der Waals surface area contributed by atoms with Gasteiger partial charge in [0.25, 0.3) is 0 Å². The van der Waals surface area contributed by atoms with E-state index in [1.165, 1.54) is 6.20 Å². The number of fused-ring (bicyclic) bond motifs is 1. The van der Waals surface area contributed by atoms with Gasteiger partial charge in [-0.3, -0.25) is 0 Å². The highest BCUT2D eigenvalue weighted by Gasteiger charge is 2.11. The van der Waals surface area contributed by atoms with Gasteiger partial charge in [0.15, 0.2) is 0 Å². The van der Waals surface area contributed by atoms with Crippen molar-refractivity contribution in [3.8, 4) is 23.3 Å². The number of halogens is 1. The fraction of sp³-hybridized carbons (Fsp3) is 0.0455. The smallest absolute Gasteiger partial charge is 0.141 e. The lowest BCUT2D eigenvalue weighted by atomic mass is 9.99. The zero-order valence-electron chi connectivity index (χ0n) is 14.2. The summed E-state index contributed by atoms with van der Waals surface area (Å²) in [6.45, 7) is 0.638. The molecule has 0 spiro atoms. The van der Waals surface area contributed by atoms with E-state index in [4.69, 9.17) is 16.9 Å². The summed E-state index contributed by atoms with van der Waals surface area (Å²) in [5, 5.41) is 19.6. The molecule has 2 aromatic carbocycles. The first-order chi connectivity index (χ1) is 13.2. The summed E-state index contributed by atoms with van der Waals surface area (Å²) in [6, 6.07) is 21.8. The van der Waals surface area contributed by atoms with Crippen LogP contribution in [0.4, 0.5) is 0 Å². The third-order valence-corrected chi connectivity index (χ3v) is 4.92. The average molecular weight is 369 g/mol. The lowest BCUT2D eigenvalue weighted by Gasteiger charge is -2.08. The molecule has 2 aromatic heterocycles. The van der Waals surface area contributed by atoms with Crippen LogP contribution in [0.1, 0.15) is 16.7 Å². The number of nitrogens with zero attached hydrogens (tertiary/aromatic N) is 4. The minimum absolute atomic E-state index is 0.377. The van der Waals surface area contributed by atoms with Crippen LogP contribution in [-0.2, 0) is 6.54 Å². The largest absolute Gasteiger partial charge is 0.328 e. The van der Waals surface area contributed by atoms with Crippen molar-refractivity contribution in [2.45, 2.75) is 6.54 Å². The van der Waals surface area contributed by atoms with E-state index < -0.39 is 0 Å². The molecule has 0 saturated carbocycles. The van der Waals surface area contributed by atoms with Gasteiger partial charge < -0.3 is 4.57 Å². The Balaban J connectivity index is 1.65. The number of rotatable bonds is 3. The number of benzene rings is 2. The average Bonchev–Trinajstić information content (AvgIpc) is 3.12. The predicted molar refractivity (Wildman–Crippen MR) is 105 cm³/mol. The molecule has 128 valence electrons. The van der Waals surface area contributed by atoms with Gasteiger partial charge in [-0.05, 0) is 28.8 Å². The van der Waals surface area contributed by atoms with E-state index in [-0.39, 0.29) is 0 Å². The Morgan fingerprint density at radius 3 is 2.41 bits per heavy atom. The monoisotopic (exact) mass is 368 g/mol. The van der Waals surface area contributed by atoms with Gasteiger partial charge in [0.2, 0.25) is 0 Å². The minimum atomic E-state index is 0.377. The Hall–Kier alpha value is -3.60. The summed E-state index contributed by atoms with van der Waals surface area (Å²) >= 11 is 6.27. The molecule has 4 nitrogen and oxygen atoms in total. The Labute approximate surface area is 161 Å². The van der Waals surface area contributed by atoms with E-state index >= 15 is 0 Å². The number of aromatic nitrogens is 2. The molecule has 0 aliphatic rings. The van der Waals surface area contributed by atoms with Gasteiger partial charge in [-0.15, -0.1) is 0 Å². The van der Waals surface area contributed by atoms with Gasteiger partial charge in [0.1, 0.15) is 11.7 Å². The quantitative estimate of drug-likeness (QED) is 0.502. The lowest BCUT2D eigenvalue weighted by molar-refractivity contribution is 0.825. The van der Waals surface area contributed by atoms with E-state index in [0.717, 1.165) is 27.7 Å². The normalized spacial score (nSPS) is 10.5. The molecule has 0 fully saturated rings. The van der Waals surface area contributed by atoms with Gasteiger partial charge in [-0.1, -0.05) is 54.1 Å². The molecule has 0 bridgehead atoms. The van der Waals surface area contributed by atoms with Crippen molar-refractivity contribution in [1.29, 1.82) is 10.5 Å². The molecule has 0 atom stereocenters. The molecule has 5 heteroatoms. The van der Waals surface area contributed by atoms with Gasteiger partial charge in [0, 0.05) is 24.3 Å². The molecule has 0 unspecified atom stereocenters. The van der Waals surface area contributed by atoms with E-state index in [9.17, 15) is 5.26 Å². The van der Waals surface area contributed by atoms with Crippen LogP contribution in [0.2, 0.25) is 5.02 Å². The van der Waals surface area contributed by atoms with Crippen LogP contribution in [0.15, 0.2) is 67.0 Å². The molecular formula is C22H13ClN4. The molecule has 2 heterocycles. The zero-order chi connectivity index (χ0) is 18.8. The third-order valence-electron chi connectivity index (χ3n) is 4.51. The van der Waals surface area contributed by atoms with Crippen molar-refractivity contribution >= 4 is 22.6 Å². The molecule has 0 radical (unpaired) electrons. The van der Waals surface area contributed by atoms with Crippen LogP contribution >= 0.6 is 11.6 Å². The molecule has 4 aromatic rings. The van der Waals surface area contributed by atoms with Gasteiger partial charge in [0.05, 0.1) is 22.2 Å². The zero-order valence-corrected chi connectivity index (χ0v) is 15.0. The summed E-state index contributed by atoms with van der Waals surface area (Å²) in [4.78, 5) is 4.38. The fourth-order valence-electron chi connectivity index (χ4n) is 3.13. The predicted octanol–water partition coefficient (Wildman–Crippen LogP) is 5.15. The molecule has 0 aliphatic carbocycles. The summed E-state index contributed by atoms with van der Waals surface area (Å²) in [5.74, 6) is 0. The number of hydrogen-bond donors (Lipinski definition) is 0. The van der Waals surface area contributed by atoms with Crippen LogP contribution in [0.25, 0.3) is 22.2 Å². The van der Waals surface area contributed by atoms with E-state index in [1.807, 2.05) is 65.4 Å². The second kappa shape index (κ2) is 6.96. The molecule has 27 heavy (non-hydrogen) atoms. The summed E-state index contributed by atoms with van der Waals surface area (Å²) in [6.07, 6.45) is 3.42. The minimum Gasteiger partial charge on any atom is -0.328 e. The highest BCUT2D eigenvalue weighted by Crippen LogP contribution is 2.27. The van der Waals surface area contributed by atoms with E-state index in [0.29, 0.717) is 22.7 Å². The maximum atomic E-state index is 9.27. The fourth-order valence-corrected chi connectivity index (χ4v) is 3.37. The van der Waals surface area contributed by atoms with Crippen LogP contribution in [-0.4, -0.2) is 9.55 Å². The lowest BCUT2D eigenvalue weighted by Crippen LogP contribution is -1.99. The molecule has 0 saturated heterocycles. The first-order valence-corrected chi connectivity index (χ1v) is 8.71. The first kappa shape index (κ1) is 16.8. The topological polar surface area (TPSA) is 65.4 Å². The molecule has 4 rings (SSSR count). The van der Waals surface area contributed by atoms with Gasteiger partial charge >= 0.3 is 0 Å². The van der Waals surface area contributed by atoms with Crippen molar-refractivity contribution < 1.29 is 0 Å². The van der Waals surface area contributed by atoms with Crippen molar-refractivity contribution in [2.24, 2.45) is 0 Å². The molecular weight excluding hydrogens is 356 g/mol. The maximum Gasteiger partial charge on any atom is 0.141 e. The number of hydrogen-bond acceptors (Lipinski definition) is 3. The highest BCUT2D eigenvalue weighted by atomic mass is 35.5. The SMILES string of the molecule is N#Cc1ccccc1-c1ccc(Cn2ccc3c(Cl)c(C#N)cnc32)cc1. The van der Waals surface area contributed by atoms with Gasteiger partial charge in [-0.2, -0.15) is 10.5 Å². The summed E-state index contributed by atoms with van der Waals surface area (Å²) < 4.78 is 2.00. The van der Waals surface area contributed by atoms with Crippen molar-refractivity contribution in [2.75, 3.05) is 0 Å². The second-order valence-electron chi connectivity index (χ2n) is 6.13. The molecule has 0 aliphatic heterocycles. The summed E-state index contributed by atoms with van der Waals surface area (Å²) in [5.41, 5.74) is 4.82.